The number of hydrogen-bond donors (Lipinski definition) is 1. The molecule has 6 heteroatoms. The van der Waals surface area contributed by atoms with Crippen LogP contribution < -0.4 is 5.32 Å². The number of carbonyl (C=O) groups is 1. The van der Waals surface area contributed by atoms with Gasteiger partial charge in [0.15, 0.2) is 5.69 Å². The van der Waals surface area contributed by atoms with Gasteiger partial charge in [0.1, 0.15) is 0 Å². The molecule has 0 saturated carbocycles. The van der Waals surface area contributed by atoms with E-state index in [9.17, 15) is 4.79 Å². The van der Waals surface area contributed by atoms with Gasteiger partial charge in [0.05, 0.1) is 5.69 Å². The van der Waals surface area contributed by atoms with Crippen LogP contribution in [0, 0.1) is 0 Å². The molecule has 0 saturated heterocycles. The van der Waals surface area contributed by atoms with E-state index in [1.807, 2.05) is 53.4 Å². The minimum Gasteiger partial charge on any atom is -0.350 e. The third-order valence-electron chi connectivity index (χ3n) is 3.67. The largest absolute Gasteiger partial charge is 0.350 e. The van der Waals surface area contributed by atoms with Gasteiger partial charge in [0.2, 0.25) is 0 Å². The number of thiophene rings is 1. The maximum atomic E-state index is 12.3. The second-order valence-electron chi connectivity index (χ2n) is 5.33. The van der Waals surface area contributed by atoms with Crippen molar-refractivity contribution in [3.8, 4) is 11.3 Å². The van der Waals surface area contributed by atoms with Crippen LogP contribution in [0.25, 0.3) is 11.3 Å². The number of aryl methyl sites for hydroxylation is 1. The number of halogens is 1. The Labute approximate surface area is 150 Å². The van der Waals surface area contributed by atoms with Crippen LogP contribution in [-0.2, 0) is 13.0 Å². The van der Waals surface area contributed by atoms with Crippen molar-refractivity contribution >= 4 is 28.8 Å². The van der Waals surface area contributed by atoms with E-state index in [-0.39, 0.29) is 5.91 Å². The summed E-state index contributed by atoms with van der Waals surface area (Å²) < 4.78 is 1.82. The number of nitrogens with zero attached hydrogens (tertiary/aromatic N) is 2. The lowest BCUT2D eigenvalue weighted by Gasteiger charge is -2.04. The van der Waals surface area contributed by atoms with Crippen LogP contribution >= 0.6 is 22.9 Å². The van der Waals surface area contributed by atoms with Crippen molar-refractivity contribution in [2.24, 2.45) is 0 Å². The molecule has 0 aliphatic heterocycles. The zero-order chi connectivity index (χ0) is 16.9. The number of carbonyl (C=O) groups excluding carboxylic acids is 1. The smallest absolute Gasteiger partial charge is 0.271 e. The highest BCUT2D eigenvalue weighted by Gasteiger charge is 2.15. The fourth-order valence-electron chi connectivity index (χ4n) is 2.49. The lowest BCUT2D eigenvalue weighted by Crippen LogP contribution is -2.26. The Hall–Kier alpha value is -2.11. The van der Waals surface area contributed by atoms with Gasteiger partial charge in [-0.3, -0.25) is 9.48 Å². The third kappa shape index (κ3) is 3.86. The predicted octanol–water partition coefficient (Wildman–Crippen LogP) is 4.26. The van der Waals surface area contributed by atoms with E-state index in [2.05, 4.69) is 16.5 Å². The molecule has 0 aliphatic carbocycles. The maximum absolute atomic E-state index is 12.3. The fraction of sp³-hybridized carbons (Fsp3) is 0.222. The molecule has 4 nitrogen and oxygen atoms in total. The lowest BCUT2D eigenvalue weighted by atomic mass is 10.1. The summed E-state index contributed by atoms with van der Waals surface area (Å²) in [7, 11) is 0. The van der Waals surface area contributed by atoms with E-state index < -0.39 is 0 Å². The molecule has 124 valence electrons. The van der Waals surface area contributed by atoms with Crippen LogP contribution in [0.4, 0.5) is 0 Å². The van der Waals surface area contributed by atoms with Crippen LogP contribution in [-0.4, -0.2) is 22.2 Å². The molecule has 2 heterocycles. The van der Waals surface area contributed by atoms with Gasteiger partial charge in [-0.1, -0.05) is 29.8 Å². The molecule has 0 radical (unpaired) electrons. The Balaban J connectivity index is 1.73. The summed E-state index contributed by atoms with van der Waals surface area (Å²) in [6, 6.07) is 13.5. The molecule has 1 amide bonds. The SMILES string of the molecule is CCn1nc(C(=O)NCCc2cccs2)cc1-c1cccc(Cl)c1. The van der Waals surface area contributed by atoms with Gasteiger partial charge in [0, 0.05) is 28.6 Å². The Morgan fingerprint density at radius 2 is 2.17 bits per heavy atom. The fourth-order valence-corrected chi connectivity index (χ4v) is 3.39. The summed E-state index contributed by atoms with van der Waals surface area (Å²) >= 11 is 7.76. The maximum Gasteiger partial charge on any atom is 0.271 e. The Kier molecular flexibility index (Phi) is 5.33. The standard InChI is InChI=1S/C18H18ClN3OS/c1-2-22-17(13-5-3-6-14(19)11-13)12-16(21-22)18(23)20-9-8-15-7-4-10-24-15/h3-7,10-12H,2,8-9H2,1H3,(H,20,23). The molecule has 0 fully saturated rings. The first-order valence-electron chi connectivity index (χ1n) is 7.81. The molecule has 0 unspecified atom stereocenters. The van der Waals surface area contributed by atoms with E-state index in [1.54, 1.807) is 11.3 Å². The topological polar surface area (TPSA) is 46.9 Å². The van der Waals surface area contributed by atoms with Gasteiger partial charge in [-0.15, -0.1) is 11.3 Å². The first-order valence-corrected chi connectivity index (χ1v) is 9.07. The van der Waals surface area contributed by atoms with E-state index >= 15 is 0 Å². The van der Waals surface area contributed by atoms with Gasteiger partial charge < -0.3 is 5.32 Å². The molecule has 1 N–H and O–H groups in total. The van der Waals surface area contributed by atoms with Crippen LogP contribution in [0.5, 0.6) is 0 Å². The highest BCUT2D eigenvalue weighted by molar-refractivity contribution is 7.09. The zero-order valence-electron chi connectivity index (χ0n) is 13.3. The summed E-state index contributed by atoms with van der Waals surface area (Å²) in [5, 5.41) is 10.0. The van der Waals surface area contributed by atoms with E-state index in [4.69, 9.17) is 11.6 Å². The minimum absolute atomic E-state index is 0.151. The summed E-state index contributed by atoms with van der Waals surface area (Å²) in [5.74, 6) is -0.151. The summed E-state index contributed by atoms with van der Waals surface area (Å²) in [6.07, 6.45) is 0.832. The van der Waals surface area contributed by atoms with E-state index in [0.29, 0.717) is 23.8 Å². The third-order valence-corrected chi connectivity index (χ3v) is 4.84. The van der Waals surface area contributed by atoms with Gasteiger partial charge in [0.25, 0.3) is 5.91 Å². The van der Waals surface area contributed by atoms with Gasteiger partial charge >= 0.3 is 0 Å². The summed E-state index contributed by atoms with van der Waals surface area (Å²) in [5.41, 5.74) is 2.27. The van der Waals surface area contributed by atoms with Crippen molar-refractivity contribution < 1.29 is 4.79 Å². The second kappa shape index (κ2) is 7.64. The molecule has 3 aromatic rings. The molecule has 0 atom stereocenters. The minimum atomic E-state index is -0.151. The number of aromatic nitrogens is 2. The number of amides is 1. The Bertz CT molecular complexity index is 827. The molecule has 3 rings (SSSR count). The van der Waals surface area contributed by atoms with Crippen LogP contribution in [0.1, 0.15) is 22.3 Å². The van der Waals surface area contributed by atoms with Crippen molar-refractivity contribution in [1.82, 2.24) is 15.1 Å². The second-order valence-corrected chi connectivity index (χ2v) is 6.79. The van der Waals surface area contributed by atoms with Crippen LogP contribution in [0.15, 0.2) is 47.8 Å². The normalized spacial score (nSPS) is 10.8. The predicted molar refractivity (Wildman–Crippen MR) is 98.7 cm³/mol. The molecular weight excluding hydrogens is 342 g/mol. The molecule has 0 bridgehead atoms. The monoisotopic (exact) mass is 359 g/mol. The van der Waals surface area contributed by atoms with Crippen LogP contribution in [0.3, 0.4) is 0 Å². The first kappa shape index (κ1) is 16.7. The van der Waals surface area contributed by atoms with Crippen molar-refractivity contribution in [2.75, 3.05) is 6.54 Å². The lowest BCUT2D eigenvalue weighted by molar-refractivity contribution is 0.0948. The quantitative estimate of drug-likeness (QED) is 0.714. The van der Waals surface area contributed by atoms with Gasteiger partial charge in [-0.05, 0) is 43.0 Å². The van der Waals surface area contributed by atoms with Crippen molar-refractivity contribution in [2.45, 2.75) is 19.9 Å². The molecule has 2 aromatic heterocycles. The molecular formula is C18H18ClN3OS. The first-order chi connectivity index (χ1) is 11.7. The molecule has 0 spiro atoms. The summed E-state index contributed by atoms with van der Waals surface area (Å²) in [6.45, 7) is 3.29. The van der Waals surface area contributed by atoms with Crippen molar-refractivity contribution in [3.05, 3.63) is 63.4 Å². The van der Waals surface area contributed by atoms with E-state index in [0.717, 1.165) is 17.7 Å². The number of nitrogens with one attached hydrogen (secondary N) is 1. The average Bonchev–Trinajstić information content (AvgIpc) is 3.24. The van der Waals surface area contributed by atoms with Crippen molar-refractivity contribution in [3.63, 3.8) is 0 Å². The highest BCUT2D eigenvalue weighted by atomic mass is 35.5. The average molecular weight is 360 g/mol. The Morgan fingerprint density at radius 1 is 1.29 bits per heavy atom. The van der Waals surface area contributed by atoms with Crippen molar-refractivity contribution in [1.29, 1.82) is 0 Å². The number of benzene rings is 1. The Morgan fingerprint density at radius 3 is 2.88 bits per heavy atom. The number of hydrogen-bond acceptors (Lipinski definition) is 3. The van der Waals surface area contributed by atoms with Crippen LogP contribution in [0.2, 0.25) is 5.02 Å². The van der Waals surface area contributed by atoms with E-state index in [1.165, 1.54) is 4.88 Å². The molecule has 24 heavy (non-hydrogen) atoms. The molecule has 0 aliphatic rings. The van der Waals surface area contributed by atoms with Gasteiger partial charge in [-0.2, -0.15) is 5.10 Å². The summed E-state index contributed by atoms with van der Waals surface area (Å²) in [4.78, 5) is 13.6. The number of rotatable bonds is 6. The van der Waals surface area contributed by atoms with Gasteiger partial charge in [-0.25, -0.2) is 0 Å². The highest BCUT2D eigenvalue weighted by Crippen LogP contribution is 2.23. The molecule has 1 aromatic carbocycles. The zero-order valence-corrected chi connectivity index (χ0v) is 14.9.